The summed E-state index contributed by atoms with van der Waals surface area (Å²) in [6, 6.07) is 27.0. The Morgan fingerprint density at radius 3 is 1.56 bits per heavy atom. The summed E-state index contributed by atoms with van der Waals surface area (Å²) in [5.74, 6) is 0. The summed E-state index contributed by atoms with van der Waals surface area (Å²) in [6.45, 7) is 15.6. The summed E-state index contributed by atoms with van der Waals surface area (Å²) in [6.07, 6.45) is 3.69. The van der Waals surface area contributed by atoms with Crippen molar-refractivity contribution in [1.82, 2.24) is 0 Å². The molecule has 1 spiro atoms. The van der Waals surface area contributed by atoms with E-state index in [1.54, 1.807) is 26.7 Å². The molecule has 1 unspecified atom stereocenters. The fourth-order valence-corrected chi connectivity index (χ4v) is 41.1. The molecule has 8 rings (SSSR count). The van der Waals surface area contributed by atoms with Crippen molar-refractivity contribution in [3.05, 3.63) is 106 Å². The number of unbranched alkanes of at least 4 members (excludes halogenated alkanes) is 1. The first-order valence-electron chi connectivity index (χ1n) is 15.7. The van der Waals surface area contributed by atoms with E-state index in [1.807, 2.05) is 0 Å². The second-order valence-corrected chi connectivity index (χ2v) is 29.5. The summed E-state index contributed by atoms with van der Waals surface area (Å²) < 4.78 is 14.7. The zero-order valence-electron chi connectivity index (χ0n) is 26.2. The molecule has 2 bridgehead atoms. The van der Waals surface area contributed by atoms with Crippen molar-refractivity contribution in [1.29, 1.82) is 0 Å². The normalized spacial score (nSPS) is 25.3. The third kappa shape index (κ3) is 3.27. The van der Waals surface area contributed by atoms with Gasteiger partial charge in [0.05, 0.1) is 0 Å². The van der Waals surface area contributed by atoms with Gasteiger partial charge in [-0.3, -0.25) is 0 Å². The van der Waals surface area contributed by atoms with E-state index in [1.165, 1.54) is 56.2 Å². The maximum absolute atomic E-state index is 8.14. The summed E-state index contributed by atoms with van der Waals surface area (Å²) in [4.78, 5) is 0. The van der Waals surface area contributed by atoms with Gasteiger partial charge in [0.25, 0.3) is 0 Å². The number of hydrogen-bond acceptors (Lipinski definition) is 1. The van der Waals surface area contributed by atoms with Crippen molar-refractivity contribution < 1.29 is 4.52 Å². The molecule has 0 aliphatic carbocycles. The minimum absolute atomic E-state index is 0.0960. The summed E-state index contributed by atoms with van der Waals surface area (Å²) in [5, 5.41) is 4.88. The van der Waals surface area contributed by atoms with Gasteiger partial charge >= 0.3 is 253 Å². The quantitative estimate of drug-likeness (QED) is 0.173. The first kappa shape index (κ1) is 27.9. The van der Waals surface area contributed by atoms with Crippen LogP contribution in [-0.4, -0.2) is 24.0 Å². The fourth-order valence-electron chi connectivity index (χ4n) is 8.87. The molecule has 2 atom stereocenters. The third-order valence-corrected chi connectivity index (χ3v) is 34.4. The van der Waals surface area contributed by atoms with Crippen LogP contribution < -0.4 is 26.7 Å². The van der Waals surface area contributed by atoms with Gasteiger partial charge in [0.15, 0.2) is 0 Å². The van der Waals surface area contributed by atoms with Gasteiger partial charge in [-0.25, -0.2) is 0 Å². The van der Waals surface area contributed by atoms with Crippen LogP contribution in [0.4, 0.5) is 0 Å². The summed E-state index contributed by atoms with van der Waals surface area (Å²) in [7, 11) is 0. The van der Waals surface area contributed by atoms with Gasteiger partial charge in [-0.2, -0.15) is 0 Å². The van der Waals surface area contributed by atoms with E-state index in [0.717, 1.165) is 6.42 Å². The molecule has 1 fully saturated rings. The number of rotatable bonds is 4. The molecule has 1 nitrogen and oxygen atoms in total. The van der Waals surface area contributed by atoms with Gasteiger partial charge < -0.3 is 0 Å². The van der Waals surface area contributed by atoms with Crippen molar-refractivity contribution >= 4 is 51.9 Å². The fraction of sp³-hybridized carbons (Fsp3) is 0.368. The van der Waals surface area contributed by atoms with E-state index < -0.39 is 25.2 Å². The van der Waals surface area contributed by atoms with Crippen LogP contribution in [0.25, 0.3) is 0 Å². The standard InChI is InChI=1S/C34H36OP.C4H9.Sn/c1-23-13-16-31(19-26(23)4)36(32-17-14-24(2)27(5)20-32,33-18-15-25(3)28(6)21-33)29(7)22-34(35-36)30-11-9-8-10-12-30;1-3-4-2;/h8-15,19-21,29,34H,22H2,1-7H3;1,3-4H2,2H3;/t29?,34-;;/m1../s1. The Labute approximate surface area is 251 Å². The van der Waals surface area contributed by atoms with Crippen LogP contribution in [0.2, 0.25) is 4.44 Å². The average molecular weight is 667 g/mol. The molecule has 4 aliphatic rings. The Morgan fingerprint density at radius 2 is 1.12 bits per heavy atom. The molecule has 0 saturated carbocycles. The van der Waals surface area contributed by atoms with Crippen molar-refractivity contribution in [2.45, 2.75) is 90.9 Å². The Morgan fingerprint density at radius 1 is 0.683 bits per heavy atom. The molecule has 3 heteroatoms. The average Bonchev–Trinajstić information content (AvgIpc) is 3.27. The van der Waals surface area contributed by atoms with Gasteiger partial charge in [-0.15, -0.1) is 0 Å². The van der Waals surface area contributed by atoms with Gasteiger partial charge in [0, 0.05) is 0 Å². The molecule has 4 aromatic rings. The Hall–Kier alpha value is -1.93. The predicted octanol–water partition coefficient (Wildman–Crippen LogP) is 6.73. The first-order valence-corrected chi connectivity index (χ1v) is 24.2. The van der Waals surface area contributed by atoms with Crippen molar-refractivity contribution in [3.8, 4) is 0 Å². The second kappa shape index (κ2) is 9.28. The summed E-state index contributed by atoms with van der Waals surface area (Å²) in [5.41, 5.74) is 10.3. The molecule has 0 aromatic heterocycles. The van der Waals surface area contributed by atoms with Gasteiger partial charge in [-0.1, -0.05) is 0 Å². The topological polar surface area (TPSA) is 9.23 Å². The molecule has 41 heavy (non-hydrogen) atoms. The molecule has 4 heterocycles. The zero-order chi connectivity index (χ0) is 28.9. The van der Waals surface area contributed by atoms with E-state index in [-0.39, 0.29) is 6.10 Å². The van der Waals surface area contributed by atoms with Crippen LogP contribution in [-0.2, 0) is 4.52 Å². The number of aryl methyl sites for hydroxylation is 6. The van der Waals surface area contributed by atoms with Crippen molar-refractivity contribution in [3.63, 3.8) is 0 Å². The SMILES string of the molecule is CCC[CH2][Sn]12[c]3cc(C)c(C)cc3P3(O[C@@H](c4ccccc4)CC3C)(c3cc(C)c(C)c[c]31)c1cc(C)c(C)c[c]12. The van der Waals surface area contributed by atoms with Gasteiger partial charge in [0.1, 0.15) is 0 Å². The van der Waals surface area contributed by atoms with Crippen LogP contribution in [0.15, 0.2) is 66.7 Å². The van der Waals surface area contributed by atoms with Crippen LogP contribution in [0.3, 0.4) is 0 Å². The zero-order valence-corrected chi connectivity index (χ0v) is 29.9. The molecule has 4 aliphatic heterocycles. The summed E-state index contributed by atoms with van der Waals surface area (Å²) >= 11 is -3.42. The molecular formula is C38H45OPSn. The van der Waals surface area contributed by atoms with E-state index in [2.05, 4.69) is 122 Å². The van der Waals surface area contributed by atoms with Crippen LogP contribution >= 0.6 is 6.83 Å². The number of hydrogen-bond donors (Lipinski definition) is 0. The third-order valence-electron chi connectivity index (χ3n) is 11.5. The Balaban J connectivity index is 1.73. The maximum atomic E-state index is 8.14. The molecule has 212 valence electrons. The van der Waals surface area contributed by atoms with Crippen molar-refractivity contribution in [2.24, 2.45) is 0 Å². The molecule has 0 amide bonds. The van der Waals surface area contributed by atoms with E-state index in [0.29, 0.717) is 5.66 Å². The first-order chi connectivity index (χ1) is 19.6. The second-order valence-electron chi connectivity index (χ2n) is 13.6. The molecular weight excluding hydrogens is 622 g/mol. The molecule has 4 aromatic carbocycles. The van der Waals surface area contributed by atoms with Gasteiger partial charge in [0.2, 0.25) is 0 Å². The molecule has 0 N–H and O–H groups in total. The Kier molecular flexibility index (Phi) is 6.31. The van der Waals surface area contributed by atoms with Gasteiger partial charge in [-0.05, 0) is 0 Å². The monoisotopic (exact) mass is 668 g/mol. The van der Waals surface area contributed by atoms with E-state index in [4.69, 9.17) is 4.52 Å². The van der Waals surface area contributed by atoms with E-state index in [9.17, 15) is 0 Å². The van der Waals surface area contributed by atoms with Crippen molar-refractivity contribution in [2.75, 3.05) is 0 Å². The Bertz CT molecular complexity index is 1590. The molecule has 1 saturated heterocycles. The van der Waals surface area contributed by atoms with Crippen LogP contribution in [0.1, 0.15) is 78.2 Å². The van der Waals surface area contributed by atoms with E-state index >= 15 is 0 Å². The number of benzene rings is 4. The predicted molar refractivity (Wildman–Crippen MR) is 182 cm³/mol. The molecule has 0 radical (unpaired) electrons. The van der Waals surface area contributed by atoms with Crippen LogP contribution in [0, 0.1) is 41.5 Å². The van der Waals surface area contributed by atoms with Crippen LogP contribution in [0.5, 0.6) is 0 Å². The minimum atomic E-state index is -3.42.